The number of alkyl carbamates (subject to hydrolysis) is 1. The van der Waals surface area contributed by atoms with E-state index in [1.165, 1.54) is 0 Å². The molecule has 1 atom stereocenters. The van der Waals surface area contributed by atoms with Crippen molar-refractivity contribution in [2.24, 2.45) is 0 Å². The first-order chi connectivity index (χ1) is 21.2. The number of hydrogen-bond acceptors (Lipinski definition) is 6. The second-order valence-electron chi connectivity index (χ2n) is 11.5. The number of rotatable bonds is 8. The average Bonchev–Trinajstić information content (AvgIpc) is 3.44. The Kier molecular flexibility index (Phi) is 9.96. The quantitative estimate of drug-likeness (QED) is 0.239. The molecule has 2 heterocycles. The van der Waals surface area contributed by atoms with Gasteiger partial charge in [-0.2, -0.15) is 0 Å². The van der Waals surface area contributed by atoms with Crippen molar-refractivity contribution < 1.29 is 22.7 Å². The molecule has 1 fully saturated rings. The van der Waals surface area contributed by atoms with Gasteiger partial charge in [0.2, 0.25) is 5.91 Å². The molecule has 236 valence electrons. The summed E-state index contributed by atoms with van der Waals surface area (Å²) in [6.07, 6.45) is 0.980. The van der Waals surface area contributed by atoms with Crippen LogP contribution in [0.5, 0.6) is 0 Å². The van der Waals surface area contributed by atoms with Gasteiger partial charge in [-0.25, -0.2) is 13.2 Å². The van der Waals surface area contributed by atoms with Crippen LogP contribution in [0.2, 0.25) is 0 Å². The van der Waals surface area contributed by atoms with Crippen LogP contribution in [0, 0.1) is 6.92 Å². The smallest absolute Gasteiger partial charge is 0.408 e. The Balaban J connectivity index is 0.00000400. The van der Waals surface area contributed by atoms with Crippen LogP contribution in [0.25, 0.3) is 10.8 Å². The van der Waals surface area contributed by atoms with E-state index in [-0.39, 0.29) is 29.3 Å². The maximum Gasteiger partial charge on any atom is 0.408 e. The third-order valence-electron chi connectivity index (χ3n) is 8.23. The summed E-state index contributed by atoms with van der Waals surface area (Å²) >= 11 is 0. The standard InChI is InChI=1S/C34H36N4O5S.ClH/c1-23-6-12-31(13-7-23)44(41,42)37-29-11-10-27-21-38(22-28(27)20-29)33(39)32(36-34(40)43-30-14-16-35-17-15-30)19-24-8-9-25-4-2-3-5-26(25)18-24;/h2-13,18,20,30,32,35,37H,14-17,19,21-22H2,1H3,(H,36,40);1H/t32-;/m1./s1. The normalized spacial score (nSPS) is 15.5. The minimum Gasteiger partial charge on any atom is -0.446 e. The number of carbonyl (C=O) groups is 2. The summed E-state index contributed by atoms with van der Waals surface area (Å²) in [6.45, 7) is 4.13. The number of anilines is 1. The zero-order chi connectivity index (χ0) is 30.7. The molecule has 3 N–H and O–H groups in total. The molecule has 9 nitrogen and oxygen atoms in total. The van der Waals surface area contributed by atoms with E-state index in [2.05, 4.69) is 15.4 Å². The lowest BCUT2D eigenvalue weighted by Crippen LogP contribution is -2.49. The van der Waals surface area contributed by atoms with Crippen molar-refractivity contribution in [2.75, 3.05) is 17.8 Å². The van der Waals surface area contributed by atoms with Crippen LogP contribution in [0.4, 0.5) is 10.5 Å². The summed E-state index contributed by atoms with van der Waals surface area (Å²) in [5.74, 6) is -0.224. The molecule has 0 radical (unpaired) electrons. The molecule has 1 saturated heterocycles. The fourth-order valence-electron chi connectivity index (χ4n) is 5.81. The highest BCUT2D eigenvalue weighted by molar-refractivity contribution is 7.92. The van der Waals surface area contributed by atoms with Crippen molar-refractivity contribution >= 4 is 50.9 Å². The lowest BCUT2D eigenvalue weighted by atomic mass is 10.0. The molecule has 0 aliphatic carbocycles. The van der Waals surface area contributed by atoms with Crippen molar-refractivity contribution in [3.05, 3.63) is 107 Å². The maximum atomic E-state index is 14.0. The van der Waals surface area contributed by atoms with Gasteiger partial charge in [-0.15, -0.1) is 12.4 Å². The Hall–Kier alpha value is -4.12. The van der Waals surface area contributed by atoms with E-state index in [0.29, 0.717) is 25.2 Å². The van der Waals surface area contributed by atoms with Crippen molar-refractivity contribution in [1.82, 2.24) is 15.5 Å². The number of fused-ring (bicyclic) bond motifs is 2. The number of halogens is 1. The van der Waals surface area contributed by atoms with Crippen LogP contribution in [0.1, 0.15) is 35.1 Å². The first-order valence-electron chi connectivity index (χ1n) is 14.9. The van der Waals surface area contributed by atoms with Gasteiger partial charge in [0, 0.05) is 25.2 Å². The Labute approximate surface area is 269 Å². The molecular formula is C34H37ClN4O5S. The molecular weight excluding hydrogens is 612 g/mol. The molecule has 45 heavy (non-hydrogen) atoms. The van der Waals surface area contributed by atoms with E-state index >= 15 is 0 Å². The summed E-state index contributed by atoms with van der Waals surface area (Å²) < 4.78 is 34.2. The molecule has 2 aliphatic heterocycles. The SMILES string of the molecule is Cc1ccc(S(=O)(=O)Nc2ccc3c(c2)CN(C(=O)[C@@H](Cc2ccc4ccccc4c2)NC(=O)OC2CCNCC2)C3)cc1.Cl. The van der Waals surface area contributed by atoms with E-state index in [4.69, 9.17) is 4.74 Å². The summed E-state index contributed by atoms with van der Waals surface area (Å²) in [7, 11) is -3.76. The third kappa shape index (κ3) is 7.76. The number of benzene rings is 4. The van der Waals surface area contributed by atoms with Gasteiger partial charge in [0.05, 0.1) is 4.90 Å². The summed E-state index contributed by atoms with van der Waals surface area (Å²) in [5.41, 5.74) is 4.10. The Morgan fingerprint density at radius 1 is 0.911 bits per heavy atom. The van der Waals surface area contributed by atoms with Gasteiger partial charge in [0.25, 0.3) is 10.0 Å². The van der Waals surface area contributed by atoms with Crippen LogP contribution in [-0.4, -0.2) is 50.6 Å². The van der Waals surface area contributed by atoms with Gasteiger partial charge < -0.3 is 20.3 Å². The van der Waals surface area contributed by atoms with Crippen LogP contribution < -0.4 is 15.4 Å². The van der Waals surface area contributed by atoms with Gasteiger partial charge in [0.15, 0.2) is 0 Å². The molecule has 6 rings (SSSR count). The molecule has 4 aromatic carbocycles. The molecule has 0 spiro atoms. The fourth-order valence-corrected chi connectivity index (χ4v) is 6.86. The Morgan fingerprint density at radius 3 is 2.38 bits per heavy atom. The number of nitrogens with zero attached hydrogens (tertiary/aromatic N) is 1. The van der Waals surface area contributed by atoms with Gasteiger partial charge in [-0.3, -0.25) is 9.52 Å². The first-order valence-corrected chi connectivity index (χ1v) is 16.4. The number of nitrogens with one attached hydrogen (secondary N) is 3. The van der Waals surface area contributed by atoms with Gasteiger partial charge in [-0.05, 0) is 84.6 Å². The highest BCUT2D eigenvalue weighted by atomic mass is 35.5. The monoisotopic (exact) mass is 648 g/mol. The van der Waals surface area contributed by atoms with Gasteiger partial charge in [0.1, 0.15) is 12.1 Å². The highest BCUT2D eigenvalue weighted by Crippen LogP contribution is 2.28. The predicted octanol–water partition coefficient (Wildman–Crippen LogP) is 5.30. The maximum absolute atomic E-state index is 14.0. The summed E-state index contributed by atoms with van der Waals surface area (Å²) in [6, 6.07) is 25.2. The zero-order valence-corrected chi connectivity index (χ0v) is 26.6. The average molecular weight is 649 g/mol. The van der Waals surface area contributed by atoms with E-state index in [0.717, 1.165) is 59.0 Å². The Bertz CT molecular complexity index is 1790. The number of sulfonamides is 1. The number of piperidine rings is 1. The summed E-state index contributed by atoms with van der Waals surface area (Å²) in [4.78, 5) is 28.8. The van der Waals surface area contributed by atoms with Crippen LogP contribution in [0.3, 0.4) is 0 Å². The molecule has 11 heteroatoms. The minimum absolute atomic E-state index is 0. The second-order valence-corrected chi connectivity index (χ2v) is 13.2. The van der Waals surface area contributed by atoms with Gasteiger partial charge in [-0.1, -0.05) is 66.2 Å². The predicted molar refractivity (Wildman–Crippen MR) is 177 cm³/mol. The Morgan fingerprint density at radius 2 is 1.62 bits per heavy atom. The topological polar surface area (TPSA) is 117 Å². The van der Waals surface area contributed by atoms with E-state index in [9.17, 15) is 18.0 Å². The van der Waals surface area contributed by atoms with Crippen molar-refractivity contribution in [3.63, 3.8) is 0 Å². The number of hydrogen-bond donors (Lipinski definition) is 3. The van der Waals surface area contributed by atoms with Crippen LogP contribution in [-0.2, 0) is 39.1 Å². The molecule has 4 aromatic rings. The molecule has 0 aromatic heterocycles. The van der Waals surface area contributed by atoms with E-state index in [1.807, 2.05) is 55.5 Å². The van der Waals surface area contributed by atoms with Gasteiger partial charge >= 0.3 is 6.09 Å². The largest absolute Gasteiger partial charge is 0.446 e. The van der Waals surface area contributed by atoms with Crippen molar-refractivity contribution in [3.8, 4) is 0 Å². The molecule has 2 amide bonds. The molecule has 2 aliphatic rings. The minimum atomic E-state index is -3.76. The lowest BCUT2D eigenvalue weighted by Gasteiger charge is -2.27. The lowest BCUT2D eigenvalue weighted by molar-refractivity contribution is -0.134. The van der Waals surface area contributed by atoms with Crippen molar-refractivity contribution in [1.29, 1.82) is 0 Å². The number of ether oxygens (including phenoxy) is 1. The summed E-state index contributed by atoms with van der Waals surface area (Å²) in [5, 5.41) is 8.28. The zero-order valence-electron chi connectivity index (χ0n) is 25.0. The number of carbonyl (C=O) groups excluding carboxylic acids is 2. The van der Waals surface area contributed by atoms with Crippen LogP contribution in [0.15, 0.2) is 89.8 Å². The molecule has 0 unspecified atom stereocenters. The van der Waals surface area contributed by atoms with E-state index in [1.54, 1.807) is 41.3 Å². The molecule has 0 saturated carbocycles. The first kappa shape index (κ1) is 32.3. The van der Waals surface area contributed by atoms with Crippen LogP contribution >= 0.6 is 12.4 Å². The number of amides is 2. The highest BCUT2D eigenvalue weighted by Gasteiger charge is 2.32. The molecule has 0 bridgehead atoms. The second kappa shape index (κ2) is 13.9. The van der Waals surface area contributed by atoms with E-state index < -0.39 is 22.2 Å². The third-order valence-corrected chi connectivity index (χ3v) is 9.62. The fraction of sp³-hybridized carbons (Fsp3) is 0.294. The number of aryl methyl sites for hydroxylation is 1. The van der Waals surface area contributed by atoms with Crippen molar-refractivity contribution in [2.45, 2.75) is 56.3 Å².